The number of benzene rings is 2. The number of rotatable bonds is 7. The molecule has 8 heteroatoms. The highest BCUT2D eigenvalue weighted by molar-refractivity contribution is 6.00. The smallest absolute Gasteiger partial charge is 0.258 e. The van der Waals surface area contributed by atoms with Crippen LogP contribution in [0.25, 0.3) is 11.3 Å². The van der Waals surface area contributed by atoms with Crippen LogP contribution in [-0.4, -0.2) is 59.0 Å². The molecule has 0 aliphatic carbocycles. The molecule has 4 rings (SSSR count). The molecule has 8 nitrogen and oxygen atoms in total. The predicted molar refractivity (Wildman–Crippen MR) is 136 cm³/mol. The molecule has 2 amide bonds. The Hall–Kier alpha value is -3.78. The molecule has 1 aliphatic heterocycles. The van der Waals surface area contributed by atoms with E-state index in [1.54, 1.807) is 6.20 Å². The van der Waals surface area contributed by atoms with Crippen LogP contribution in [0.4, 0.5) is 11.6 Å². The second-order valence-electron chi connectivity index (χ2n) is 8.80. The van der Waals surface area contributed by atoms with E-state index in [0.29, 0.717) is 55.7 Å². The van der Waals surface area contributed by atoms with Crippen LogP contribution in [0.5, 0.6) is 0 Å². The highest BCUT2D eigenvalue weighted by Crippen LogP contribution is 2.27. The number of ether oxygens (including phenoxy) is 1. The Morgan fingerprint density at radius 1 is 1.06 bits per heavy atom. The van der Waals surface area contributed by atoms with Crippen LogP contribution in [0.15, 0.2) is 60.8 Å². The van der Waals surface area contributed by atoms with E-state index in [-0.39, 0.29) is 17.9 Å². The minimum Gasteiger partial charge on any atom is -0.378 e. The molecule has 0 radical (unpaired) electrons. The molecule has 1 saturated heterocycles. The summed E-state index contributed by atoms with van der Waals surface area (Å²) in [6.07, 6.45) is 1.64. The van der Waals surface area contributed by atoms with E-state index in [1.807, 2.05) is 73.3 Å². The molecule has 3 aromatic rings. The average Bonchev–Trinajstić information content (AvgIpc) is 2.87. The molecule has 1 fully saturated rings. The normalized spacial score (nSPS) is 13.5. The fraction of sp³-hybridized carbons (Fsp3) is 0.333. The van der Waals surface area contributed by atoms with Gasteiger partial charge in [-0.25, -0.2) is 9.97 Å². The van der Waals surface area contributed by atoms with Gasteiger partial charge < -0.3 is 19.9 Å². The van der Waals surface area contributed by atoms with Crippen LogP contribution < -0.4 is 10.2 Å². The molecule has 0 unspecified atom stereocenters. The summed E-state index contributed by atoms with van der Waals surface area (Å²) in [5.74, 6) is 0.307. The van der Waals surface area contributed by atoms with Crippen LogP contribution in [0.2, 0.25) is 0 Å². The first kappa shape index (κ1) is 24.3. The van der Waals surface area contributed by atoms with Crippen molar-refractivity contribution in [3.8, 4) is 11.3 Å². The number of amides is 2. The topological polar surface area (TPSA) is 87.7 Å². The van der Waals surface area contributed by atoms with Crippen molar-refractivity contribution in [1.82, 2.24) is 14.9 Å². The van der Waals surface area contributed by atoms with Crippen molar-refractivity contribution < 1.29 is 14.3 Å². The molecule has 1 N–H and O–H groups in total. The highest BCUT2D eigenvalue weighted by Gasteiger charge is 2.25. The number of carbonyl (C=O) groups excluding carboxylic acids is 2. The monoisotopic (exact) mass is 473 g/mol. The van der Waals surface area contributed by atoms with Gasteiger partial charge in [0.25, 0.3) is 5.91 Å². The van der Waals surface area contributed by atoms with E-state index in [4.69, 9.17) is 9.72 Å². The van der Waals surface area contributed by atoms with Gasteiger partial charge in [0, 0.05) is 50.0 Å². The molecule has 2 heterocycles. The van der Waals surface area contributed by atoms with Crippen molar-refractivity contribution in [2.24, 2.45) is 0 Å². The van der Waals surface area contributed by atoms with E-state index < -0.39 is 0 Å². The van der Waals surface area contributed by atoms with E-state index in [2.05, 4.69) is 15.2 Å². The molecule has 2 aromatic carbocycles. The fourth-order valence-electron chi connectivity index (χ4n) is 4.00. The summed E-state index contributed by atoms with van der Waals surface area (Å²) in [4.78, 5) is 38.6. The standard InChI is InChI=1S/C27H31N5O3/c1-19(2)32(18-21-7-5-4-6-8-21)26(34)24-17-28-27(31-13-15-35-16-14-31)30-25(24)22-9-11-23(12-10-22)29-20(3)33/h4-12,17,19H,13-16,18H2,1-3H3,(H,29,33). The molecule has 0 saturated carbocycles. The second-order valence-corrected chi connectivity index (χ2v) is 8.80. The maximum absolute atomic E-state index is 13.8. The third-order valence-electron chi connectivity index (χ3n) is 5.86. The average molecular weight is 474 g/mol. The lowest BCUT2D eigenvalue weighted by Gasteiger charge is -2.29. The number of hydrogen-bond donors (Lipinski definition) is 1. The van der Waals surface area contributed by atoms with Crippen LogP contribution >= 0.6 is 0 Å². The van der Waals surface area contributed by atoms with Crippen LogP contribution in [0, 0.1) is 0 Å². The van der Waals surface area contributed by atoms with Gasteiger partial charge >= 0.3 is 0 Å². The van der Waals surface area contributed by atoms with Gasteiger partial charge in [-0.15, -0.1) is 0 Å². The van der Waals surface area contributed by atoms with Gasteiger partial charge in [-0.1, -0.05) is 42.5 Å². The summed E-state index contributed by atoms with van der Waals surface area (Å²) in [6, 6.07) is 17.3. The Kier molecular flexibility index (Phi) is 7.72. The third-order valence-corrected chi connectivity index (χ3v) is 5.86. The molecular weight excluding hydrogens is 442 g/mol. The first-order valence-electron chi connectivity index (χ1n) is 11.8. The third kappa shape index (κ3) is 6.02. The summed E-state index contributed by atoms with van der Waals surface area (Å²) < 4.78 is 5.46. The Morgan fingerprint density at radius 2 is 1.74 bits per heavy atom. The van der Waals surface area contributed by atoms with Crippen molar-refractivity contribution in [1.29, 1.82) is 0 Å². The molecule has 182 valence electrons. The molecular formula is C27H31N5O3. The van der Waals surface area contributed by atoms with E-state index in [9.17, 15) is 9.59 Å². The molecule has 1 aromatic heterocycles. The van der Waals surface area contributed by atoms with Crippen LogP contribution in [-0.2, 0) is 16.1 Å². The van der Waals surface area contributed by atoms with Crippen molar-refractivity contribution in [3.63, 3.8) is 0 Å². The van der Waals surface area contributed by atoms with Gasteiger partial charge in [-0.3, -0.25) is 9.59 Å². The van der Waals surface area contributed by atoms with Gasteiger partial charge in [0.05, 0.1) is 24.5 Å². The lowest BCUT2D eigenvalue weighted by Crippen LogP contribution is -2.38. The zero-order chi connectivity index (χ0) is 24.8. The first-order chi connectivity index (χ1) is 16.9. The maximum atomic E-state index is 13.8. The second kappa shape index (κ2) is 11.1. The van der Waals surface area contributed by atoms with Crippen LogP contribution in [0.1, 0.15) is 36.7 Å². The summed E-state index contributed by atoms with van der Waals surface area (Å²) in [5, 5.41) is 2.78. The largest absolute Gasteiger partial charge is 0.378 e. The quantitative estimate of drug-likeness (QED) is 0.558. The summed E-state index contributed by atoms with van der Waals surface area (Å²) in [7, 11) is 0. The fourth-order valence-corrected chi connectivity index (χ4v) is 4.00. The predicted octanol–water partition coefficient (Wildman–Crippen LogP) is 3.99. The number of anilines is 2. The number of carbonyl (C=O) groups is 2. The molecule has 0 atom stereocenters. The lowest BCUT2D eigenvalue weighted by atomic mass is 10.0. The first-order valence-corrected chi connectivity index (χ1v) is 11.8. The van der Waals surface area contributed by atoms with Gasteiger partial charge in [0.1, 0.15) is 0 Å². The maximum Gasteiger partial charge on any atom is 0.258 e. The number of nitrogens with zero attached hydrogens (tertiary/aromatic N) is 4. The zero-order valence-corrected chi connectivity index (χ0v) is 20.4. The summed E-state index contributed by atoms with van der Waals surface area (Å²) in [5.41, 5.74) is 3.53. The number of nitrogens with one attached hydrogen (secondary N) is 1. The Bertz CT molecular complexity index is 1160. The summed E-state index contributed by atoms with van der Waals surface area (Å²) >= 11 is 0. The van der Waals surface area contributed by atoms with E-state index in [1.165, 1.54) is 6.92 Å². The van der Waals surface area contributed by atoms with E-state index in [0.717, 1.165) is 11.1 Å². The van der Waals surface area contributed by atoms with Crippen LogP contribution in [0.3, 0.4) is 0 Å². The van der Waals surface area contributed by atoms with Gasteiger partial charge in [-0.2, -0.15) is 0 Å². The molecule has 35 heavy (non-hydrogen) atoms. The lowest BCUT2D eigenvalue weighted by molar-refractivity contribution is -0.114. The van der Waals surface area contributed by atoms with Crippen molar-refractivity contribution in [2.45, 2.75) is 33.4 Å². The SMILES string of the molecule is CC(=O)Nc1ccc(-c2nc(N3CCOCC3)ncc2C(=O)N(Cc2ccccc2)C(C)C)cc1. The Labute approximate surface area is 205 Å². The highest BCUT2D eigenvalue weighted by atomic mass is 16.5. The van der Waals surface area contributed by atoms with Gasteiger partial charge in [-0.05, 0) is 31.5 Å². The van der Waals surface area contributed by atoms with Gasteiger partial charge in [0.15, 0.2) is 0 Å². The minimum absolute atomic E-state index is 0.0170. The van der Waals surface area contributed by atoms with Crippen molar-refractivity contribution in [3.05, 3.63) is 71.9 Å². The molecule has 1 aliphatic rings. The molecule has 0 bridgehead atoms. The number of hydrogen-bond acceptors (Lipinski definition) is 6. The zero-order valence-electron chi connectivity index (χ0n) is 20.4. The summed E-state index contributed by atoms with van der Waals surface area (Å²) in [6.45, 7) is 8.59. The van der Waals surface area contributed by atoms with Gasteiger partial charge in [0.2, 0.25) is 11.9 Å². The van der Waals surface area contributed by atoms with Crippen molar-refractivity contribution in [2.75, 3.05) is 36.5 Å². The Morgan fingerprint density at radius 3 is 2.37 bits per heavy atom. The van der Waals surface area contributed by atoms with Crippen molar-refractivity contribution >= 4 is 23.5 Å². The Balaban J connectivity index is 1.72. The van der Waals surface area contributed by atoms with E-state index >= 15 is 0 Å². The molecule has 0 spiro atoms. The minimum atomic E-state index is -0.140. The number of morpholine rings is 1. The number of aromatic nitrogens is 2.